The second kappa shape index (κ2) is 10.5. The van der Waals surface area contributed by atoms with Crippen LogP contribution in [0.25, 0.3) is 0 Å². The van der Waals surface area contributed by atoms with Gasteiger partial charge >= 0.3 is 0 Å². The van der Waals surface area contributed by atoms with Crippen LogP contribution in [0.1, 0.15) is 28.7 Å². The molecule has 3 aromatic carbocycles. The zero-order valence-corrected chi connectivity index (χ0v) is 19.7. The molecule has 0 radical (unpaired) electrons. The van der Waals surface area contributed by atoms with Gasteiger partial charge in [-0.1, -0.05) is 65.2 Å². The van der Waals surface area contributed by atoms with Crippen LogP contribution in [0.5, 0.6) is 0 Å². The van der Waals surface area contributed by atoms with Crippen LogP contribution in [0, 0.1) is 20.8 Å². The Bertz CT molecular complexity index is 1140. The fourth-order valence-corrected chi connectivity index (χ4v) is 4.75. The first-order valence-corrected chi connectivity index (χ1v) is 12.2. The summed E-state index contributed by atoms with van der Waals surface area (Å²) in [5.74, 6) is -0.329. The molecule has 0 spiro atoms. The molecule has 0 atom stereocenters. The van der Waals surface area contributed by atoms with Crippen molar-refractivity contribution in [3.8, 4) is 0 Å². The molecule has 3 rings (SSSR count). The Balaban J connectivity index is 1.69. The summed E-state index contributed by atoms with van der Waals surface area (Å²) in [5.41, 5.74) is 4.88. The number of hydrogen-bond donors (Lipinski definition) is 1. The topological polar surface area (TPSA) is 66.5 Å². The van der Waals surface area contributed by atoms with E-state index in [1.165, 1.54) is 15.4 Å². The fourth-order valence-electron chi connectivity index (χ4n) is 3.32. The van der Waals surface area contributed by atoms with Crippen molar-refractivity contribution in [3.63, 3.8) is 0 Å². The van der Waals surface area contributed by atoms with Crippen LogP contribution < -0.4 is 9.62 Å². The lowest BCUT2D eigenvalue weighted by Crippen LogP contribution is -2.41. The van der Waals surface area contributed by atoms with Gasteiger partial charge in [0.05, 0.1) is 10.6 Å². The Morgan fingerprint density at radius 2 is 1.28 bits per heavy atom. The van der Waals surface area contributed by atoms with Crippen LogP contribution in [0.2, 0.25) is 0 Å². The van der Waals surface area contributed by atoms with E-state index in [4.69, 9.17) is 0 Å². The predicted octanol–water partition coefficient (Wildman–Crippen LogP) is 4.56. The second-order valence-electron chi connectivity index (χ2n) is 8.10. The van der Waals surface area contributed by atoms with Gasteiger partial charge in [-0.05, 0) is 63.4 Å². The van der Waals surface area contributed by atoms with Crippen LogP contribution in [-0.2, 0) is 21.2 Å². The minimum atomic E-state index is -3.88. The first-order valence-electron chi connectivity index (χ1n) is 10.7. The molecule has 1 amide bonds. The van der Waals surface area contributed by atoms with Gasteiger partial charge in [-0.3, -0.25) is 9.10 Å². The van der Waals surface area contributed by atoms with Crippen molar-refractivity contribution >= 4 is 21.6 Å². The summed E-state index contributed by atoms with van der Waals surface area (Å²) >= 11 is 0. The van der Waals surface area contributed by atoms with Crippen molar-refractivity contribution in [3.05, 3.63) is 95.1 Å². The van der Waals surface area contributed by atoms with E-state index in [1.54, 1.807) is 36.4 Å². The van der Waals surface area contributed by atoms with Gasteiger partial charge in [0.1, 0.15) is 6.54 Å². The lowest BCUT2D eigenvalue weighted by atomic mass is 10.1. The van der Waals surface area contributed by atoms with Crippen molar-refractivity contribution in [2.24, 2.45) is 0 Å². The molecule has 0 aromatic heterocycles. The number of nitrogens with zero attached hydrogens (tertiary/aromatic N) is 1. The molecule has 1 N–H and O–H groups in total. The maximum atomic E-state index is 13.4. The highest BCUT2D eigenvalue weighted by Crippen LogP contribution is 2.24. The Labute approximate surface area is 191 Å². The average molecular weight is 451 g/mol. The average Bonchev–Trinajstić information content (AvgIpc) is 2.77. The van der Waals surface area contributed by atoms with E-state index in [1.807, 2.05) is 26.0 Å². The van der Waals surface area contributed by atoms with Gasteiger partial charge < -0.3 is 5.32 Å². The van der Waals surface area contributed by atoms with Crippen molar-refractivity contribution in [1.29, 1.82) is 0 Å². The summed E-state index contributed by atoms with van der Waals surface area (Å²) < 4.78 is 27.9. The quantitative estimate of drug-likeness (QED) is 0.486. The second-order valence-corrected chi connectivity index (χ2v) is 9.96. The van der Waals surface area contributed by atoms with Crippen molar-refractivity contribution in [2.75, 3.05) is 17.4 Å². The molecule has 0 aliphatic heterocycles. The number of amides is 1. The van der Waals surface area contributed by atoms with Crippen LogP contribution in [0.15, 0.2) is 77.7 Å². The van der Waals surface area contributed by atoms with E-state index < -0.39 is 10.0 Å². The highest BCUT2D eigenvalue weighted by molar-refractivity contribution is 7.92. The maximum Gasteiger partial charge on any atom is 0.264 e. The van der Waals surface area contributed by atoms with Crippen LogP contribution in [0.4, 0.5) is 5.69 Å². The van der Waals surface area contributed by atoms with Crippen molar-refractivity contribution < 1.29 is 13.2 Å². The van der Waals surface area contributed by atoms with Crippen LogP contribution >= 0.6 is 0 Å². The van der Waals surface area contributed by atoms with Crippen molar-refractivity contribution in [1.82, 2.24) is 5.32 Å². The molecule has 0 saturated heterocycles. The number of hydrogen-bond acceptors (Lipinski definition) is 3. The third kappa shape index (κ3) is 6.20. The van der Waals surface area contributed by atoms with E-state index in [9.17, 15) is 13.2 Å². The first-order chi connectivity index (χ1) is 15.3. The van der Waals surface area contributed by atoms with E-state index >= 15 is 0 Å². The Morgan fingerprint density at radius 1 is 0.781 bits per heavy atom. The molecular weight excluding hydrogens is 420 g/mol. The standard InChI is InChI=1S/C26H30N2O3S/c1-20-6-12-23(13-7-20)5-4-18-27-26(29)19-28(24-14-8-21(2)9-15-24)32(30,31)25-16-10-22(3)11-17-25/h6-17H,4-5,18-19H2,1-3H3,(H,27,29). The molecule has 0 heterocycles. The molecule has 0 bridgehead atoms. The summed E-state index contributed by atoms with van der Waals surface area (Å²) in [7, 11) is -3.88. The minimum Gasteiger partial charge on any atom is -0.355 e. The summed E-state index contributed by atoms with van der Waals surface area (Å²) in [5, 5.41) is 2.86. The number of carbonyl (C=O) groups is 1. The molecule has 6 heteroatoms. The Kier molecular flexibility index (Phi) is 7.70. The number of benzene rings is 3. The van der Waals surface area contributed by atoms with E-state index in [0.717, 1.165) is 24.0 Å². The lowest BCUT2D eigenvalue weighted by Gasteiger charge is -2.24. The van der Waals surface area contributed by atoms with E-state index in [-0.39, 0.29) is 17.3 Å². The number of rotatable bonds is 9. The zero-order valence-electron chi connectivity index (χ0n) is 18.8. The Hall–Kier alpha value is -3.12. The third-order valence-electron chi connectivity index (χ3n) is 5.30. The van der Waals surface area contributed by atoms with Gasteiger partial charge in [0.15, 0.2) is 0 Å². The number of nitrogens with one attached hydrogen (secondary N) is 1. The molecular formula is C26H30N2O3S. The van der Waals surface area contributed by atoms with Gasteiger partial charge in [0, 0.05) is 6.54 Å². The molecule has 5 nitrogen and oxygen atoms in total. The number of sulfonamides is 1. The van der Waals surface area contributed by atoms with Gasteiger partial charge in [-0.2, -0.15) is 0 Å². The van der Waals surface area contributed by atoms with Gasteiger partial charge in [0.25, 0.3) is 10.0 Å². The highest BCUT2D eigenvalue weighted by atomic mass is 32.2. The molecule has 32 heavy (non-hydrogen) atoms. The molecule has 0 unspecified atom stereocenters. The van der Waals surface area contributed by atoms with Gasteiger partial charge in [0.2, 0.25) is 5.91 Å². The predicted molar refractivity (Wildman–Crippen MR) is 129 cm³/mol. The molecule has 0 saturated carbocycles. The number of anilines is 1. The number of carbonyl (C=O) groups excluding carboxylic acids is 1. The zero-order chi connectivity index (χ0) is 23.1. The normalized spacial score (nSPS) is 11.2. The monoisotopic (exact) mass is 450 g/mol. The summed E-state index contributed by atoms with van der Waals surface area (Å²) in [4.78, 5) is 12.8. The first kappa shape index (κ1) is 23.5. The van der Waals surface area contributed by atoms with E-state index in [2.05, 4.69) is 36.5 Å². The SMILES string of the molecule is Cc1ccc(CCCNC(=O)CN(c2ccc(C)cc2)S(=O)(=O)c2ccc(C)cc2)cc1. The maximum absolute atomic E-state index is 13.4. The molecule has 168 valence electrons. The highest BCUT2D eigenvalue weighted by Gasteiger charge is 2.27. The fraction of sp³-hybridized carbons (Fsp3) is 0.269. The summed E-state index contributed by atoms with van der Waals surface area (Å²) in [6, 6.07) is 22.1. The minimum absolute atomic E-state index is 0.163. The van der Waals surface area contributed by atoms with Crippen molar-refractivity contribution in [2.45, 2.75) is 38.5 Å². The van der Waals surface area contributed by atoms with E-state index in [0.29, 0.717) is 12.2 Å². The third-order valence-corrected chi connectivity index (χ3v) is 7.09. The Morgan fingerprint density at radius 3 is 1.84 bits per heavy atom. The summed E-state index contributed by atoms with van der Waals surface area (Å²) in [6.07, 6.45) is 1.63. The number of aryl methyl sites for hydroxylation is 4. The van der Waals surface area contributed by atoms with Crippen LogP contribution in [0.3, 0.4) is 0 Å². The largest absolute Gasteiger partial charge is 0.355 e. The van der Waals surface area contributed by atoms with Gasteiger partial charge in [-0.15, -0.1) is 0 Å². The molecule has 3 aromatic rings. The van der Waals surface area contributed by atoms with Gasteiger partial charge in [-0.25, -0.2) is 8.42 Å². The van der Waals surface area contributed by atoms with Crippen LogP contribution in [-0.4, -0.2) is 27.4 Å². The smallest absolute Gasteiger partial charge is 0.264 e. The lowest BCUT2D eigenvalue weighted by molar-refractivity contribution is -0.119. The molecule has 0 aliphatic rings. The molecule has 0 aliphatic carbocycles. The molecule has 0 fully saturated rings. The summed E-state index contributed by atoms with van der Waals surface area (Å²) in [6.45, 7) is 6.10.